The SMILES string of the molecule is CC(c1ccc(-c2cnn(C)c2)cc1F)N1Cc2ccccc2C1O. The third-order valence-corrected chi connectivity index (χ3v) is 4.99. The number of nitrogens with zero attached hydrogens (tertiary/aromatic N) is 3. The van der Waals surface area contributed by atoms with Gasteiger partial charge in [-0.15, -0.1) is 0 Å². The minimum atomic E-state index is -0.705. The molecule has 0 aliphatic carbocycles. The van der Waals surface area contributed by atoms with Crippen LogP contribution in [0, 0.1) is 5.82 Å². The molecule has 128 valence electrons. The average Bonchev–Trinajstić information content (AvgIpc) is 3.18. The van der Waals surface area contributed by atoms with Crippen LogP contribution in [0.25, 0.3) is 11.1 Å². The van der Waals surface area contributed by atoms with Crippen LogP contribution in [0.15, 0.2) is 54.9 Å². The van der Waals surface area contributed by atoms with Crippen LogP contribution in [0.5, 0.6) is 0 Å². The molecule has 0 saturated carbocycles. The molecule has 1 aliphatic heterocycles. The summed E-state index contributed by atoms with van der Waals surface area (Å²) in [5.74, 6) is -0.267. The van der Waals surface area contributed by atoms with Crippen molar-refractivity contribution >= 4 is 0 Å². The number of halogens is 1. The summed E-state index contributed by atoms with van der Waals surface area (Å²) in [4.78, 5) is 1.91. The fourth-order valence-electron chi connectivity index (χ4n) is 3.54. The van der Waals surface area contributed by atoms with Crippen molar-refractivity contribution in [2.24, 2.45) is 7.05 Å². The van der Waals surface area contributed by atoms with Gasteiger partial charge >= 0.3 is 0 Å². The molecule has 3 aromatic rings. The Morgan fingerprint density at radius 2 is 2.00 bits per heavy atom. The first kappa shape index (κ1) is 16.0. The highest BCUT2D eigenvalue weighted by Gasteiger charge is 2.33. The fraction of sp³-hybridized carbons (Fsp3) is 0.250. The summed E-state index contributed by atoms with van der Waals surface area (Å²) in [6.45, 7) is 2.54. The van der Waals surface area contributed by atoms with Crippen LogP contribution in [-0.4, -0.2) is 19.8 Å². The Morgan fingerprint density at radius 3 is 2.68 bits per heavy atom. The van der Waals surface area contributed by atoms with E-state index in [1.54, 1.807) is 23.0 Å². The highest BCUT2D eigenvalue weighted by atomic mass is 19.1. The molecule has 1 aliphatic rings. The number of aliphatic hydroxyl groups is 1. The Morgan fingerprint density at radius 1 is 1.20 bits per heavy atom. The number of rotatable bonds is 3. The zero-order valence-corrected chi connectivity index (χ0v) is 14.2. The molecule has 2 heterocycles. The molecule has 25 heavy (non-hydrogen) atoms. The third-order valence-electron chi connectivity index (χ3n) is 4.99. The summed E-state index contributed by atoms with van der Waals surface area (Å²) in [6.07, 6.45) is 2.88. The summed E-state index contributed by atoms with van der Waals surface area (Å²) >= 11 is 0. The molecule has 4 nitrogen and oxygen atoms in total. The van der Waals surface area contributed by atoms with Crippen LogP contribution in [0.2, 0.25) is 0 Å². The fourth-order valence-corrected chi connectivity index (χ4v) is 3.54. The van der Waals surface area contributed by atoms with E-state index in [-0.39, 0.29) is 11.9 Å². The molecule has 0 bridgehead atoms. The highest BCUT2D eigenvalue weighted by Crippen LogP contribution is 2.39. The number of aromatic nitrogens is 2. The molecule has 1 N–H and O–H groups in total. The standard InChI is InChI=1S/C20H20FN3O/c1-13(24-12-15-5-3-4-6-18(15)20(24)25)17-8-7-14(9-19(17)21)16-10-22-23(2)11-16/h3-11,13,20,25H,12H2,1-2H3. The molecule has 0 radical (unpaired) electrons. The van der Waals surface area contributed by atoms with Gasteiger partial charge in [0.15, 0.2) is 0 Å². The summed E-state index contributed by atoms with van der Waals surface area (Å²) in [5, 5.41) is 14.7. The predicted octanol–water partition coefficient (Wildman–Crippen LogP) is 3.79. The van der Waals surface area contributed by atoms with E-state index >= 15 is 0 Å². The summed E-state index contributed by atoms with van der Waals surface area (Å²) in [5.41, 5.74) is 4.26. The molecule has 1 aromatic heterocycles. The van der Waals surface area contributed by atoms with Crippen LogP contribution in [0.4, 0.5) is 4.39 Å². The lowest BCUT2D eigenvalue weighted by Gasteiger charge is -2.28. The van der Waals surface area contributed by atoms with Gasteiger partial charge in [-0.05, 0) is 29.7 Å². The molecule has 2 aromatic carbocycles. The van der Waals surface area contributed by atoms with Crippen LogP contribution < -0.4 is 0 Å². The van der Waals surface area contributed by atoms with Crippen molar-refractivity contribution < 1.29 is 9.50 Å². The number of fused-ring (bicyclic) bond motifs is 1. The summed E-state index contributed by atoms with van der Waals surface area (Å²) in [7, 11) is 1.84. The Hall–Kier alpha value is -2.50. The molecule has 0 saturated heterocycles. The number of aryl methyl sites for hydroxylation is 1. The van der Waals surface area contributed by atoms with Crippen LogP contribution in [0.1, 0.15) is 35.9 Å². The van der Waals surface area contributed by atoms with Gasteiger partial charge in [-0.3, -0.25) is 9.58 Å². The topological polar surface area (TPSA) is 41.3 Å². The Kier molecular flexibility index (Phi) is 3.90. The van der Waals surface area contributed by atoms with Gasteiger partial charge in [-0.1, -0.05) is 36.4 Å². The Labute approximate surface area is 146 Å². The van der Waals surface area contributed by atoms with Gasteiger partial charge in [0.1, 0.15) is 12.0 Å². The van der Waals surface area contributed by atoms with E-state index in [4.69, 9.17) is 0 Å². The second-order valence-electron chi connectivity index (χ2n) is 6.56. The largest absolute Gasteiger partial charge is 0.374 e. The van der Waals surface area contributed by atoms with Crippen molar-refractivity contribution in [1.29, 1.82) is 0 Å². The van der Waals surface area contributed by atoms with Crippen LogP contribution >= 0.6 is 0 Å². The number of aliphatic hydroxyl groups excluding tert-OH is 1. The van der Waals surface area contributed by atoms with Crippen LogP contribution in [0.3, 0.4) is 0 Å². The van der Waals surface area contributed by atoms with Crippen molar-refractivity contribution in [3.8, 4) is 11.1 Å². The predicted molar refractivity (Wildman–Crippen MR) is 94.0 cm³/mol. The smallest absolute Gasteiger partial charge is 0.134 e. The maximum absolute atomic E-state index is 14.8. The van der Waals surface area contributed by atoms with Gasteiger partial charge in [-0.25, -0.2) is 4.39 Å². The monoisotopic (exact) mass is 337 g/mol. The van der Waals surface area contributed by atoms with E-state index in [2.05, 4.69) is 5.10 Å². The third kappa shape index (κ3) is 2.75. The van der Waals surface area contributed by atoms with E-state index in [0.29, 0.717) is 12.1 Å². The lowest BCUT2D eigenvalue weighted by Crippen LogP contribution is -2.26. The maximum atomic E-state index is 14.8. The van der Waals surface area contributed by atoms with E-state index < -0.39 is 6.23 Å². The first-order valence-corrected chi connectivity index (χ1v) is 8.34. The minimum absolute atomic E-state index is 0.231. The number of hydrogen-bond acceptors (Lipinski definition) is 3. The average molecular weight is 337 g/mol. The molecule has 4 rings (SSSR count). The molecule has 2 unspecified atom stereocenters. The van der Waals surface area contributed by atoms with E-state index in [9.17, 15) is 9.50 Å². The Bertz CT molecular complexity index is 921. The number of benzene rings is 2. The molecular weight excluding hydrogens is 317 g/mol. The van der Waals surface area contributed by atoms with Crippen molar-refractivity contribution in [1.82, 2.24) is 14.7 Å². The number of hydrogen-bond donors (Lipinski definition) is 1. The zero-order chi connectivity index (χ0) is 17.6. The van der Waals surface area contributed by atoms with Gasteiger partial charge in [-0.2, -0.15) is 5.10 Å². The molecule has 0 spiro atoms. The van der Waals surface area contributed by atoms with Gasteiger partial charge in [0.05, 0.1) is 6.20 Å². The quantitative estimate of drug-likeness (QED) is 0.790. The summed E-state index contributed by atoms with van der Waals surface area (Å²) < 4.78 is 16.5. The van der Waals surface area contributed by atoms with Gasteiger partial charge in [0.25, 0.3) is 0 Å². The Balaban J connectivity index is 1.62. The minimum Gasteiger partial charge on any atom is -0.374 e. The molecular formula is C20H20FN3O. The molecule has 5 heteroatoms. The molecule has 0 amide bonds. The van der Waals surface area contributed by atoms with Crippen molar-refractivity contribution in [3.63, 3.8) is 0 Å². The lowest BCUT2D eigenvalue weighted by molar-refractivity contribution is -0.0138. The maximum Gasteiger partial charge on any atom is 0.134 e. The molecule has 0 fully saturated rings. The summed E-state index contributed by atoms with van der Waals surface area (Å²) in [6, 6.07) is 12.8. The lowest BCUT2D eigenvalue weighted by atomic mass is 10.0. The van der Waals surface area contributed by atoms with E-state index in [1.165, 1.54) is 0 Å². The zero-order valence-electron chi connectivity index (χ0n) is 14.2. The second kappa shape index (κ2) is 6.10. The van der Waals surface area contributed by atoms with E-state index in [0.717, 1.165) is 22.3 Å². The normalized spacial score (nSPS) is 18.3. The second-order valence-corrected chi connectivity index (χ2v) is 6.56. The van der Waals surface area contributed by atoms with Gasteiger partial charge < -0.3 is 5.11 Å². The first-order chi connectivity index (χ1) is 12.0. The first-order valence-electron chi connectivity index (χ1n) is 8.34. The van der Waals surface area contributed by atoms with Crippen molar-refractivity contribution in [2.75, 3.05) is 0 Å². The van der Waals surface area contributed by atoms with Crippen molar-refractivity contribution in [3.05, 3.63) is 77.4 Å². The van der Waals surface area contributed by atoms with Crippen LogP contribution in [-0.2, 0) is 13.6 Å². The molecule has 2 atom stereocenters. The van der Waals surface area contributed by atoms with Gasteiger partial charge in [0, 0.05) is 37.0 Å². The van der Waals surface area contributed by atoms with Crippen molar-refractivity contribution in [2.45, 2.75) is 25.7 Å². The van der Waals surface area contributed by atoms with E-state index in [1.807, 2.05) is 55.4 Å². The highest BCUT2D eigenvalue weighted by molar-refractivity contribution is 5.62. The van der Waals surface area contributed by atoms with Gasteiger partial charge in [0.2, 0.25) is 0 Å².